The average molecular weight is 358 g/mol. The average Bonchev–Trinajstić information content (AvgIpc) is 3.34. The van der Waals surface area contributed by atoms with Gasteiger partial charge in [-0.3, -0.25) is 9.78 Å². The lowest BCUT2D eigenvalue weighted by molar-refractivity contribution is 0.0685. The van der Waals surface area contributed by atoms with Crippen LogP contribution in [0.15, 0.2) is 55.2 Å². The Hall–Kier alpha value is -3.48. The van der Waals surface area contributed by atoms with Crippen molar-refractivity contribution in [2.75, 3.05) is 6.54 Å². The van der Waals surface area contributed by atoms with Gasteiger partial charge in [0.15, 0.2) is 0 Å². The van der Waals surface area contributed by atoms with Gasteiger partial charge in [-0.15, -0.1) is 0 Å². The molecule has 7 nitrogen and oxygen atoms in total. The number of aromatic amines is 1. The molecule has 0 aromatic carbocycles. The summed E-state index contributed by atoms with van der Waals surface area (Å²) in [5.41, 5.74) is 4.21. The Balaban J connectivity index is 1.59. The van der Waals surface area contributed by atoms with E-state index >= 15 is 0 Å². The fourth-order valence-electron chi connectivity index (χ4n) is 3.78. The van der Waals surface area contributed by atoms with Gasteiger partial charge in [-0.25, -0.2) is 9.97 Å². The number of pyridine rings is 2. The summed E-state index contributed by atoms with van der Waals surface area (Å²) < 4.78 is 1.93. The quantitative estimate of drug-likeness (QED) is 0.597. The van der Waals surface area contributed by atoms with Crippen molar-refractivity contribution in [1.29, 1.82) is 0 Å². The lowest BCUT2D eigenvalue weighted by Crippen LogP contribution is -2.41. The standard InChI is InChI=1S/C20H18N6O/c1-25-10-6-14-2-3-16(24-19(14)25)20(27)26-11-7-15-17(23-12-22-15)18(26)13-4-8-21-9-5-13/h2-6,8-10,12,18H,7,11H2,1H3,(H,22,23). The number of aryl methyl sites for hydroxylation is 1. The number of imidazole rings is 1. The van der Waals surface area contributed by atoms with Crippen LogP contribution in [-0.2, 0) is 13.5 Å². The predicted octanol–water partition coefficient (Wildman–Crippen LogP) is 2.48. The highest BCUT2D eigenvalue weighted by atomic mass is 16.2. The number of hydrogen-bond donors (Lipinski definition) is 1. The zero-order valence-corrected chi connectivity index (χ0v) is 14.8. The molecule has 5 rings (SSSR count). The molecule has 7 heteroatoms. The molecule has 0 saturated carbocycles. The van der Waals surface area contributed by atoms with Gasteiger partial charge in [0.05, 0.1) is 12.0 Å². The first-order chi connectivity index (χ1) is 13.2. The Labute approximate surface area is 155 Å². The predicted molar refractivity (Wildman–Crippen MR) is 100 cm³/mol. The largest absolute Gasteiger partial charge is 0.348 e. The smallest absolute Gasteiger partial charge is 0.273 e. The highest BCUT2D eigenvalue weighted by molar-refractivity contribution is 5.95. The number of nitrogens with zero attached hydrogens (tertiary/aromatic N) is 5. The second-order valence-corrected chi connectivity index (χ2v) is 6.73. The van der Waals surface area contributed by atoms with Gasteiger partial charge in [0.25, 0.3) is 5.91 Å². The van der Waals surface area contributed by atoms with Crippen molar-refractivity contribution in [3.05, 3.63) is 77.9 Å². The van der Waals surface area contributed by atoms with Crippen molar-refractivity contribution in [2.45, 2.75) is 12.5 Å². The molecule has 5 heterocycles. The summed E-state index contributed by atoms with van der Waals surface area (Å²) in [5.74, 6) is -0.0893. The molecule has 1 atom stereocenters. The fraction of sp³-hybridized carbons (Fsp3) is 0.200. The molecule has 27 heavy (non-hydrogen) atoms. The van der Waals surface area contributed by atoms with Crippen LogP contribution in [0.25, 0.3) is 11.0 Å². The van der Waals surface area contributed by atoms with Crippen LogP contribution in [0.2, 0.25) is 0 Å². The third-order valence-electron chi connectivity index (χ3n) is 5.14. The summed E-state index contributed by atoms with van der Waals surface area (Å²) in [5, 5.41) is 1.02. The molecular formula is C20H18N6O. The van der Waals surface area contributed by atoms with Crippen LogP contribution < -0.4 is 0 Å². The molecule has 0 saturated heterocycles. The van der Waals surface area contributed by atoms with Crippen LogP contribution in [0.1, 0.15) is 33.5 Å². The Morgan fingerprint density at radius 3 is 2.89 bits per heavy atom. The number of hydrogen-bond acceptors (Lipinski definition) is 4. The van der Waals surface area contributed by atoms with Crippen molar-refractivity contribution in [2.24, 2.45) is 7.05 Å². The monoisotopic (exact) mass is 358 g/mol. The van der Waals surface area contributed by atoms with Gasteiger partial charge in [-0.2, -0.15) is 0 Å². The first-order valence-corrected chi connectivity index (χ1v) is 8.87. The Morgan fingerprint density at radius 1 is 1.19 bits per heavy atom. The van der Waals surface area contributed by atoms with E-state index in [1.165, 1.54) is 0 Å². The van der Waals surface area contributed by atoms with E-state index in [0.717, 1.165) is 34.4 Å². The maximum atomic E-state index is 13.4. The molecule has 0 spiro atoms. The second-order valence-electron chi connectivity index (χ2n) is 6.73. The van der Waals surface area contributed by atoms with Crippen molar-refractivity contribution >= 4 is 16.9 Å². The molecule has 0 radical (unpaired) electrons. The highest BCUT2D eigenvalue weighted by Gasteiger charge is 2.35. The fourth-order valence-corrected chi connectivity index (χ4v) is 3.78. The minimum atomic E-state index is -0.249. The SMILES string of the molecule is Cn1ccc2ccc(C(=O)N3CCc4[nH]cnc4C3c3ccncc3)nc21. The molecule has 134 valence electrons. The van der Waals surface area contributed by atoms with E-state index in [-0.39, 0.29) is 11.9 Å². The first-order valence-electron chi connectivity index (χ1n) is 8.87. The normalized spacial score (nSPS) is 16.5. The molecule has 1 amide bonds. The van der Waals surface area contributed by atoms with Crippen LogP contribution in [0.5, 0.6) is 0 Å². The maximum absolute atomic E-state index is 13.4. The Kier molecular flexibility index (Phi) is 3.53. The Morgan fingerprint density at radius 2 is 2.04 bits per heavy atom. The Bertz CT molecular complexity index is 1130. The van der Waals surface area contributed by atoms with E-state index in [4.69, 9.17) is 0 Å². The number of amides is 1. The molecule has 4 aromatic heterocycles. The summed E-state index contributed by atoms with van der Waals surface area (Å²) >= 11 is 0. The van der Waals surface area contributed by atoms with E-state index < -0.39 is 0 Å². The molecule has 1 N–H and O–H groups in total. The minimum absolute atomic E-state index is 0.0893. The summed E-state index contributed by atoms with van der Waals surface area (Å²) in [6.07, 6.45) is 7.87. The number of carbonyl (C=O) groups is 1. The van der Waals surface area contributed by atoms with Crippen molar-refractivity contribution < 1.29 is 4.79 Å². The van der Waals surface area contributed by atoms with Crippen LogP contribution in [0, 0.1) is 0 Å². The highest BCUT2D eigenvalue weighted by Crippen LogP contribution is 2.34. The molecule has 1 aliphatic heterocycles. The summed E-state index contributed by atoms with van der Waals surface area (Å²) in [4.78, 5) is 31.7. The molecule has 4 aromatic rings. The number of carbonyl (C=O) groups excluding carboxylic acids is 1. The van der Waals surface area contributed by atoms with Gasteiger partial charge in [-0.05, 0) is 35.9 Å². The van der Waals surface area contributed by atoms with Gasteiger partial charge in [0, 0.05) is 49.7 Å². The lowest BCUT2D eigenvalue weighted by atomic mass is 9.96. The topological polar surface area (TPSA) is 79.7 Å². The van der Waals surface area contributed by atoms with Crippen LogP contribution in [0.4, 0.5) is 0 Å². The van der Waals surface area contributed by atoms with E-state index in [0.29, 0.717) is 12.2 Å². The van der Waals surface area contributed by atoms with Crippen molar-refractivity contribution in [3.8, 4) is 0 Å². The molecule has 1 unspecified atom stereocenters. The first kappa shape index (κ1) is 15.7. The summed E-state index contributed by atoms with van der Waals surface area (Å²) in [7, 11) is 1.93. The number of rotatable bonds is 2. The molecule has 0 bridgehead atoms. The molecule has 1 aliphatic rings. The zero-order chi connectivity index (χ0) is 18.4. The van der Waals surface area contributed by atoms with Gasteiger partial charge >= 0.3 is 0 Å². The summed E-state index contributed by atoms with van der Waals surface area (Å²) in [6.45, 7) is 0.605. The maximum Gasteiger partial charge on any atom is 0.273 e. The van der Waals surface area contributed by atoms with E-state index in [1.54, 1.807) is 24.8 Å². The van der Waals surface area contributed by atoms with Crippen molar-refractivity contribution in [1.82, 2.24) is 29.4 Å². The zero-order valence-electron chi connectivity index (χ0n) is 14.8. The van der Waals surface area contributed by atoms with Gasteiger partial charge in [-0.1, -0.05) is 0 Å². The molecular weight excluding hydrogens is 340 g/mol. The van der Waals surface area contributed by atoms with Crippen LogP contribution in [-0.4, -0.2) is 41.9 Å². The number of fused-ring (bicyclic) bond motifs is 2. The van der Waals surface area contributed by atoms with Crippen LogP contribution in [0.3, 0.4) is 0 Å². The lowest BCUT2D eigenvalue weighted by Gasteiger charge is -2.35. The van der Waals surface area contributed by atoms with E-state index in [2.05, 4.69) is 19.9 Å². The molecule has 0 aliphatic carbocycles. The number of nitrogens with one attached hydrogen (secondary N) is 1. The van der Waals surface area contributed by atoms with E-state index in [9.17, 15) is 4.79 Å². The number of H-pyrrole nitrogens is 1. The third kappa shape index (κ3) is 2.51. The number of aromatic nitrogens is 5. The van der Waals surface area contributed by atoms with Crippen molar-refractivity contribution in [3.63, 3.8) is 0 Å². The van der Waals surface area contributed by atoms with Gasteiger partial charge in [0.1, 0.15) is 17.4 Å². The van der Waals surface area contributed by atoms with Gasteiger partial charge in [0.2, 0.25) is 0 Å². The van der Waals surface area contributed by atoms with Gasteiger partial charge < -0.3 is 14.5 Å². The second kappa shape index (κ2) is 6.05. The summed E-state index contributed by atoms with van der Waals surface area (Å²) in [6, 6.07) is 9.36. The van der Waals surface area contributed by atoms with E-state index in [1.807, 2.05) is 47.0 Å². The minimum Gasteiger partial charge on any atom is -0.348 e. The van der Waals surface area contributed by atoms with Crippen LogP contribution >= 0.6 is 0 Å². The third-order valence-corrected chi connectivity index (χ3v) is 5.14. The molecule has 0 fully saturated rings.